The van der Waals surface area contributed by atoms with Crippen LogP contribution >= 0.6 is 0 Å². The van der Waals surface area contributed by atoms with Gasteiger partial charge in [0, 0.05) is 0 Å². The Labute approximate surface area is 71.5 Å². The largest absolute Gasteiger partial charge is 3.00 e. The molecule has 0 heterocycles. The van der Waals surface area contributed by atoms with Gasteiger partial charge in [-0.15, -0.1) is 0 Å². The number of hydrogen-bond donors (Lipinski definition) is 0. The third kappa shape index (κ3) is 26.3. The summed E-state index contributed by atoms with van der Waals surface area (Å²) in [5.41, 5.74) is 0. The Morgan fingerprint density at radius 2 is 0.800 bits per heavy atom. The molecular formula is H2BiNaO3. The summed E-state index contributed by atoms with van der Waals surface area (Å²) in [6.45, 7) is 0. The van der Waals surface area contributed by atoms with Crippen LogP contribution in [-0.4, -0.2) is 37.2 Å². The van der Waals surface area contributed by atoms with Gasteiger partial charge < -0.3 is 16.4 Å². The molecule has 0 rings (SSSR count). The maximum Gasteiger partial charge on any atom is 3.00 e. The summed E-state index contributed by atoms with van der Waals surface area (Å²) in [6.07, 6.45) is 0. The summed E-state index contributed by atoms with van der Waals surface area (Å²) >= 11 is 0. The average Bonchev–Trinajstić information content (AvgIpc) is 0. The number of rotatable bonds is 0. The molecule has 0 aliphatic carbocycles. The van der Waals surface area contributed by atoms with E-state index in [2.05, 4.69) is 0 Å². The molecule has 26 valence electrons. The van der Waals surface area contributed by atoms with Gasteiger partial charge in [-0.05, 0) is 0 Å². The molecule has 0 bridgehead atoms. The molecule has 0 saturated heterocycles. The molecule has 2 radical (unpaired) electrons. The van der Waals surface area contributed by atoms with Crippen molar-refractivity contribution < 1.29 is 46.0 Å². The minimum atomic E-state index is 0. The zero-order valence-electron chi connectivity index (χ0n) is 2.75. The Morgan fingerprint density at radius 3 is 0.800 bits per heavy atom. The minimum Gasteiger partial charge on any atom is -2.00 e. The van der Waals surface area contributed by atoms with Crippen LogP contribution in [0.5, 0.6) is 0 Å². The van der Waals surface area contributed by atoms with Crippen molar-refractivity contribution in [2.75, 3.05) is 0 Å². The van der Waals surface area contributed by atoms with Crippen molar-refractivity contribution in [1.29, 1.82) is 0 Å². The predicted molar refractivity (Wildman–Crippen MR) is 10.3 cm³/mol. The van der Waals surface area contributed by atoms with E-state index in [1.165, 1.54) is 0 Å². The van der Waals surface area contributed by atoms with E-state index in [-0.39, 0.29) is 72.2 Å². The summed E-state index contributed by atoms with van der Waals surface area (Å²) in [5.74, 6) is 0. The first-order valence-electron chi connectivity index (χ1n) is 0. The normalized spacial score (nSPS) is 0. The van der Waals surface area contributed by atoms with E-state index in [1.807, 2.05) is 0 Å². The van der Waals surface area contributed by atoms with Crippen LogP contribution < -0.4 is 29.6 Å². The average molecular weight is 282 g/mol. The first-order chi connectivity index (χ1) is 0. The van der Waals surface area contributed by atoms with Crippen molar-refractivity contribution >= 4 is 26.2 Å². The van der Waals surface area contributed by atoms with Crippen LogP contribution in [0.2, 0.25) is 0 Å². The van der Waals surface area contributed by atoms with E-state index in [1.54, 1.807) is 0 Å². The van der Waals surface area contributed by atoms with Crippen molar-refractivity contribution in [3.63, 3.8) is 0 Å². The smallest absolute Gasteiger partial charge is 2.00 e. The second kappa shape index (κ2) is 42.1. The van der Waals surface area contributed by atoms with Gasteiger partial charge in [-0.25, -0.2) is 0 Å². The van der Waals surface area contributed by atoms with E-state index in [4.69, 9.17) is 0 Å². The molecule has 0 spiro atoms. The van der Waals surface area contributed by atoms with Gasteiger partial charge in [-0.3, -0.25) is 0 Å². The molecule has 5 heavy (non-hydrogen) atoms. The molecule has 3 nitrogen and oxygen atoms in total. The fraction of sp³-hybridized carbons (Fsp3) is 0. The quantitative estimate of drug-likeness (QED) is 0.426. The Morgan fingerprint density at radius 1 is 0.800 bits per heavy atom. The molecule has 0 aromatic rings. The fourth-order valence-electron chi connectivity index (χ4n) is 0. The Kier molecular flexibility index (Phi) is 608. The SMILES string of the molecule is [Bi+3].[Na+].[O-2].[OH-].[OH-]. The molecule has 0 amide bonds. The molecule has 0 unspecified atom stereocenters. The van der Waals surface area contributed by atoms with Crippen LogP contribution in [0.15, 0.2) is 0 Å². The summed E-state index contributed by atoms with van der Waals surface area (Å²) in [4.78, 5) is 0. The number of hydrogen-bond acceptors (Lipinski definition) is 2. The van der Waals surface area contributed by atoms with Crippen molar-refractivity contribution in [2.24, 2.45) is 0 Å². The van der Waals surface area contributed by atoms with Crippen molar-refractivity contribution in [2.45, 2.75) is 0 Å². The second-order valence-corrected chi connectivity index (χ2v) is 0. The Balaban J connectivity index is 0. The molecule has 0 atom stereocenters. The monoisotopic (exact) mass is 282 g/mol. The van der Waals surface area contributed by atoms with Crippen LogP contribution in [0.3, 0.4) is 0 Å². The van der Waals surface area contributed by atoms with Gasteiger partial charge in [0.2, 0.25) is 0 Å². The van der Waals surface area contributed by atoms with E-state index in [9.17, 15) is 0 Å². The van der Waals surface area contributed by atoms with Gasteiger partial charge in [-0.1, -0.05) is 0 Å². The van der Waals surface area contributed by atoms with E-state index < -0.39 is 0 Å². The second-order valence-electron chi connectivity index (χ2n) is 0. The summed E-state index contributed by atoms with van der Waals surface area (Å²) in [5, 5.41) is 0. The van der Waals surface area contributed by atoms with Gasteiger partial charge in [-0.2, -0.15) is 0 Å². The molecule has 2 N–H and O–H groups in total. The maximum atomic E-state index is 0. The topological polar surface area (TPSA) is 88.5 Å². The van der Waals surface area contributed by atoms with E-state index in [0.29, 0.717) is 0 Å². The molecule has 5 heteroatoms. The molecule has 0 aromatic heterocycles. The van der Waals surface area contributed by atoms with Gasteiger partial charge in [0.25, 0.3) is 0 Å². The van der Waals surface area contributed by atoms with Crippen LogP contribution in [0, 0.1) is 0 Å². The summed E-state index contributed by atoms with van der Waals surface area (Å²) in [6, 6.07) is 0. The molecule has 0 aliphatic heterocycles. The van der Waals surface area contributed by atoms with Crippen LogP contribution in [-0.2, 0) is 5.48 Å². The van der Waals surface area contributed by atoms with Gasteiger partial charge in [0.15, 0.2) is 0 Å². The first kappa shape index (κ1) is 72.3. The molecule has 0 aromatic carbocycles. The summed E-state index contributed by atoms with van der Waals surface area (Å²) in [7, 11) is 0. The van der Waals surface area contributed by atoms with Crippen LogP contribution in [0.25, 0.3) is 0 Å². The maximum absolute atomic E-state index is 0. The first-order valence-corrected chi connectivity index (χ1v) is 0. The van der Waals surface area contributed by atoms with Gasteiger partial charge in [0.1, 0.15) is 0 Å². The third-order valence-electron chi connectivity index (χ3n) is 0. The van der Waals surface area contributed by atoms with Crippen molar-refractivity contribution in [3.8, 4) is 0 Å². The van der Waals surface area contributed by atoms with E-state index >= 15 is 0 Å². The van der Waals surface area contributed by atoms with Gasteiger partial charge in [0.05, 0.1) is 0 Å². The molecule has 0 aliphatic rings. The van der Waals surface area contributed by atoms with Gasteiger partial charge >= 0.3 is 55.8 Å². The predicted octanol–water partition coefficient (Wildman–Crippen LogP) is -3.85. The Hall–Kier alpha value is 1.76. The zero-order chi connectivity index (χ0) is 0. The van der Waals surface area contributed by atoms with Crippen LogP contribution in [0.4, 0.5) is 0 Å². The van der Waals surface area contributed by atoms with Crippen molar-refractivity contribution in [3.05, 3.63) is 0 Å². The zero-order valence-corrected chi connectivity index (χ0v) is 8.23. The standard InChI is InChI=1S/Bi.Na.2H2O.O/h;;2*1H2;/q+3;+1;;;-2/p-2. The van der Waals surface area contributed by atoms with E-state index in [0.717, 1.165) is 0 Å². The fourth-order valence-corrected chi connectivity index (χ4v) is 0. The molecule has 0 saturated carbocycles. The van der Waals surface area contributed by atoms with Crippen LogP contribution in [0.1, 0.15) is 0 Å². The summed E-state index contributed by atoms with van der Waals surface area (Å²) < 4.78 is 0. The minimum absolute atomic E-state index is 0. The van der Waals surface area contributed by atoms with Crippen molar-refractivity contribution in [1.82, 2.24) is 0 Å². The molecular weight excluding hydrogens is 280 g/mol. The third-order valence-corrected chi connectivity index (χ3v) is 0. The molecule has 0 fully saturated rings. The Bertz CT molecular complexity index is 6.85.